The van der Waals surface area contributed by atoms with Gasteiger partial charge in [-0.3, -0.25) is 10.2 Å². The highest BCUT2D eigenvalue weighted by atomic mass is 35.6. The number of aliphatic hydroxyl groups excluding tert-OH is 1. The van der Waals surface area contributed by atoms with Crippen molar-refractivity contribution in [2.24, 2.45) is 0 Å². The smallest absolute Gasteiger partial charge is 0.338 e. The van der Waals surface area contributed by atoms with E-state index in [1.165, 1.54) is 19.1 Å². The number of hydrogen-bond donors (Lipinski definition) is 2. The van der Waals surface area contributed by atoms with Gasteiger partial charge in [-0.25, -0.2) is 4.79 Å². The number of aliphatic hydroxyl groups is 1. The molecular formula is C25H26Cl3NO8. The number of nitrogens with one attached hydrogen (secondary N) is 1. The first-order valence-corrected chi connectivity index (χ1v) is 12.3. The van der Waals surface area contributed by atoms with Gasteiger partial charge in [-0.2, -0.15) is 0 Å². The zero-order valence-corrected chi connectivity index (χ0v) is 22.0. The molecule has 1 heterocycles. The van der Waals surface area contributed by atoms with E-state index in [2.05, 4.69) is 0 Å². The lowest BCUT2D eigenvalue weighted by Gasteiger charge is -2.43. The van der Waals surface area contributed by atoms with E-state index in [9.17, 15) is 14.7 Å². The van der Waals surface area contributed by atoms with Crippen molar-refractivity contribution >= 4 is 52.5 Å². The maximum absolute atomic E-state index is 12.8. The van der Waals surface area contributed by atoms with E-state index in [-0.39, 0.29) is 31.2 Å². The van der Waals surface area contributed by atoms with Gasteiger partial charge in [0.2, 0.25) is 12.2 Å². The molecule has 0 aliphatic carbocycles. The van der Waals surface area contributed by atoms with Crippen molar-refractivity contribution in [3.05, 3.63) is 71.8 Å². The number of ether oxygens (including phenoxy) is 5. The number of esters is 1. The van der Waals surface area contributed by atoms with Gasteiger partial charge < -0.3 is 28.8 Å². The minimum Gasteiger partial charge on any atom is -0.449 e. The average Bonchev–Trinajstić information content (AvgIpc) is 2.86. The molecule has 37 heavy (non-hydrogen) atoms. The first-order valence-electron chi connectivity index (χ1n) is 11.2. The highest BCUT2D eigenvalue weighted by Crippen LogP contribution is 2.33. The van der Waals surface area contributed by atoms with Crippen molar-refractivity contribution in [1.29, 1.82) is 5.41 Å². The molecule has 2 N–H and O–H groups in total. The fraction of sp³-hybridized carbons (Fsp3) is 0.400. The Kier molecular flexibility index (Phi) is 10.7. The lowest BCUT2D eigenvalue weighted by Crippen LogP contribution is -2.62. The van der Waals surface area contributed by atoms with Crippen LogP contribution in [-0.4, -0.2) is 70.5 Å². The molecule has 200 valence electrons. The first-order chi connectivity index (χ1) is 17.6. The monoisotopic (exact) mass is 573 g/mol. The molecule has 0 amide bonds. The third kappa shape index (κ3) is 8.65. The summed E-state index contributed by atoms with van der Waals surface area (Å²) in [7, 11) is 0. The normalized spacial score (nSPS) is 23.8. The number of benzene rings is 2. The van der Waals surface area contributed by atoms with Gasteiger partial charge in [-0.05, 0) is 24.6 Å². The van der Waals surface area contributed by atoms with Crippen LogP contribution in [0, 0.1) is 5.41 Å². The zero-order valence-electron chi connectivity index (χ0n) is 19.7. The molecule has 2 aromatic rings. The Balaban J connectivity index is 1.87. The predicted molar refractivity (Wildman–Crippen MR) is 136 cm³/mol. The standard InChI is InChI=1S/C25H26Cl3NO8/c1-15(30)12-33-14-18-20(34-13-16-8-4-2-5-9-16)19(31)21(23(35-18)37-24(29)25(26,27)28)36-22(32)17-10-6-3-7-11-17/h2-11,18-21,23,29,31H,12-14H2,1H3/t18?,19-,20-,21?,23-/m0/s1. The van der Waals surface area contributed by atoms with Crippen LogP contribution in [0.25, 0.3) is 0 Å². The highest BCUT2D eigenvalue weighted by Gasteiger charge is 2.51. The second-order valence-electron chi connectivity index (χ2n) is 8.19. The molecule has 0 radical (unpaired) electrons. The Morgan fingerprint density at radius 2 is 1.62 bits per heavy atom. The number of carbonyl (C=O) groups is 2. The van der Waals surface area contributed by atoms with E-state index in [4.69, 9.17) is 63.9 Å². The summed E-state index contributed by atoms with van der Waals surface area (Å²) in [5, 5.41) is 19.3. The van der Waals surface area contributed by atoms with E-state index >= 15 is 0 Å². The van der Waals surface area contributed by atoms with E-state index < -0.39 is 46.4 Å². The van der Waals surface area contributed by atoms with Crippen LogP contribution in [0.1, 0.15) is 22.8 Å². The molecule has 9 nitrogen and oxygen atoms in total. The molecule has 2 unspecified atom stereocenters. The van der Waals surface area contributed by atoms with Crippen LogP contribution in [0.5, 0.6) is 0 Å². The Labute approximate surface area is 229 Å². The van der Waals surface area contributed by atoms with Crippen LogP contribution in [-0.2, 0) is 35.1 Å². The molecule has 12 heteroatoms. The highest BCUT2D eigenvalue weighted by molar-refractivity contribution is 6.76. The van der Waals surface area contributed by atoms with Gasteiger partial charge in [0.15, 0.2) is 11.9 Å². The summed E-state index contributed by atoms with van der Waals surface area (Å²) >= 11 is 17.3. The van der Waals surface area contributed by atoms with Crippen LogP contribution in [0.15, 0.2) is 60.7 Å². The lowest BCUT2D eigenvalue weighted by atomic mass is 9.98. The minimum atomic E-state index is -2.25. The molecule has 0 saturated carbocycles. The SMILES string of the molecule is CC(=O)COCC1O[C@@H](OC(=N)C(Cl)(Cl)Cl)C(OC(=O)c2ccccc2)[C@@H](O)[C@H]1OCc1ccccc1. The number of carbonyl (C=O) groups excluding carboxylic acids is 2. The fourth-order valence-electron chi connectivity index (χ4n) is 3.49. The largest absolute Gasteiger partial charge is 0.449 e. The van der Waals surface area contributed by atoms with Crippen molar-refractivity contribution < 1.29 is 38.4 Å². The third-order valence-electron chi connectivity index (χ3n) is 5.23. The van der Waals surface area contributed by atoms with Crippen LogP contribution in [0.4, 0.5) is 0 Å². The number of hydrogen-bond acceptors (Lipinski definition) is 9. The second kappa shape index (κ2) is 13.5. The Morgan fingerprint density at radius 1 is 1.00 bits per heavy atom. The molecule has 1 aliphatic rings. The Bertz CT molecular complexity index is 1050. The molecule has 3 rings (SSSR count). The summed E-state index contributed by atoms with van der Waals surface area (Å²) in [4.78, 5) is 24.2. The van der Waals surface area contributed by atoms with E-state index in [0.29, 0.717) is 0 Å². The zero-order chi connectivity index (χ0) is 27.0. The number of Topliss-reactive ketones (excluding diaryl/α,β-unsaturated/α-hetero) is 1. The third-order valence-corrected chi connectivity index (χ3v) is 5.75. The molecule has 0 spiro atoms. The van der Waals surface area contributed by atoms with Gasteiger partial charge in [-0.1, -0.05) is 83.3 Å². The Morgan fingerprint density at radius 3 is 2.22 bits per heavy atom. The van der Waals surface area contributed by atoms with Crippen LogP contribution in [0.3, 0.4) is 0 Å². The Hall–Kier alpha value is -2.24. The molecule has 1 fully saturated rings. The van der Waals surface area contributed by atoms with Crippen LogP contribution < -0.4 is 0 Å². The summed E-state index contributed by atoms with van der Waals surface area (Å²) in [6, 6.07) is 17.2. The number of alkyl halides is 3. The molecule has 1 aliphatic heterocycles. The minimum absolute atomic E-state index is 0.0873. The van der Waals surface area contributed by atoms with Crippen molar-refractivity contribution in [2.75, 3.05) is 13.2 Å². The molecular weight excluding hydrogens is 549 g/mol. The summed E-state index contributed by atoms with van der Waals surface area (Å²) in [6.45, 7) is 1.05. The second-order valence-corrected chi connectivity index (χ2v) is 10.5. The lowest BCUT2D eigenvalue weighted by molar-refractivity contribution is -0.292. The average molecular weight is 575 g/mol. The quantitative estimate of drug-likeness (QED) is 0.190. The molecule has 5 atom stereocenters. The van der Waals surface area contributed by atoms with E-state index in [1.54, 1.807) is 18.2 Å². The summed E-state index contributed by atoms with van der Waals surface area (Å²) in [5.41, 5.74) is 1.02. The summed E-state index contributed by atoms with van der Waals surface area (Å²) < 4.78 is 26.0. The van der Waals surface area contributed by atoms with Gasteiger partial charge in [0, 0.05) is 0 Å². The maximum Gasteiger partial charge on any atom is 0.338 e. The fourth-order valence-corrected chi connectivity index (χ4v) is 3.62. The summed E-state index contributed by atoms with van der Waals surface area (Å²) in [5.74, 6) is -1.82. The van der Waals surface area contributed by atoms with Crippen LogP contribution >= 0.6 is 34.8 Å². The van der Waals surface area contributed by atoms with Crippen molar-refractivity contribution in [3.63, 3.8) is 0 Å². The number of halogens is 3. The number of rotatable bonds is 10. The van der Waals surface area contributed by atoms with Gasteiger partial charge in [-0.15, -0.1) is 0 Å². The number of ketones is 1. The molecule has 0 bridgehead atoms. The van der Waals surface area contributed by atoms with E-state index in [0.717, 1.165) is 5.56 Å². The van der Waals surface area contributed by atoms with Gasteiger partial charge in [0.25, 0.3) is 3.79 Å². The maximum atomic E-state index is 12.8. The molecule has 1 saturated heterocycles. The van der Waals surface area contributed by atoms with Crippen molar-refractivity contribution in [3.8, 4) is 0 Å². The summed E-state index contributed by atoms with van der Waals surface area (Å²) in [6.07, 6.45) is -6.64. The molecule has 0 aromatic heterocycles. The van der Waals surface area contributed by atoms with Crippen molar-refractivity contribution in [2.45, 2.75) is 48.0 Å². The van der Waals surface area contributed by atoms with Crippen LogP contribution in [0.2, 0.25) is 0 Å². The van der Waals surface area contributed by atoms with E-state index in [1.807, 2.05) is 30.3 Å². The van der Waals surface area contributed by atoms with Gasteiger partial charge in [0.05, 0.1) is 18.8 Å². The van der Waals surface area contributed by atoms with Gasteiger partial charge in [0.1, 0.15) is 24.9 Å². The molecule has 2 aromatic carbocycles. The predicted octanol–water partition coefficient (Wildman–Crippen LogP) is 3.85. The van der Waals surface area contributed by atoms with Gasteiger partial charge >= 0.3 is 5.97 Å². The topological polar surface area (TPSA) is 124 Å². The first kappa shape index (κ1) is 29.3. The van der Waals surface area contributed by atoms with Crippen molar-refractivity contribution in [1.82, 2.24) is 0 Å².